The number of carbonyl (C=O) groups is 3. The first-order valence-electron chi connectivity index (χ1n) is 7.90. The van der Waals surface area contributed by atoms with Gasteiger partial charge in [-0.15, -0.1) is 11.8 Å². The van der Waals surface area contributed by atoms with Gasteiger partial charge in [0, 0.05) is 9.66 Å². The van der Waals surface area contributed by atoms with E-state index in [0.717, 1.165) is 0 Å². The molecule has 1 aromatic rings. The summed E-state index contributed by atoms with van der Waals surface area (Å²) < 4.78 is -0.671. The van der Waals surface area contributed by atoms with E-state index in [2.05, 4.69) is 15.3 Å². The number of thioether (sulfide) groups is 1. The number of carboxylic acid groups (broad SMARTS) is 1. The Morgan fingerprint density at radius 3 is 2.59 bits per heavy atom. The van der Waals surface area contributed by atoms with E-state index in [1.807, 2.05) is 0 Å². The summed E-state index contributed by atoms with van der Waals surface area (Å²) in [6, 6.07) is 5.63. The van der Waals surface area contributed by atoms with Crippen molar-refractivity contribution in [1.29, 1.82) is 0 Å². The quantitative estimate of drug-likeness (QED) is 0.210. The first kappa shape index (κ1) is 21.6. The minimum absolute atomic E-state index is 0. The normalized spacial score (nSPS) is 25.9. The minimum atomic E-state index is -1.10. The summed E-state index contributed by atoms with van der Waals surface area (Å²) in [5.74, 6) is -2.11. The van der Waals surface area contributed by atoms with E-state index in [-0.39, 0.29) is 31.0 Å². The number of fused-ring (bicyclic) bond motifs is 1. The van der Waals surface area contributed by atoms with Crippen LogP contribution in [0.3, 0.4) is 0 Å². The van der Waals surface area contributed by atoms with E-state index in [9.17, 15) is 19.5 Å². The van der Waals surface area contributed by atoms with Gasteiger partial charge in [-0.25, -0.2) is 4.79 Å². The van der Waals surface area contributed by atoms with Crippen LogP contribution in [0.25, 0.3) is 10.4 Å². The molecular weight excluding hydrogens is 381 g/mol. The fourth-order valence-electron chi connectivity index (χ4n) is 3.34. The Kier molecular flexibility index (Phi) is 6.49. The molecule has 1 aromatic carbocycles. The predicted molar refractivity (Wildman–Crippen MR) is 95.1 cm³/mol. The summed E-state index contributed by atoms with van der Waals surface area (Å²) in [7, 11) is 0. The topological polar surface area (TPSA) is 135 Å². The molecule has 0 aromatic heterocycles. The monoisotopic (exact) mass is 399 g/mol. The molecule has 2 heterocycles. The van der Waals surface area contributed by atoms with Crippen LogP contribution in [0, 0.1) is 0 Å². The molecule has 0 bridgehead atoms. The molecule has 2 N–H and O–H groups in total. The second kappa shape index (κ2) is 8.12. The van der Waals surface area contributed by atoms with Gasteiger partial charge in [0.05, 0.1) is 0 Å². The summed E-state index contributed by atoms with van der Waals surface area (Å²) in [5, 5.41) is 15.1. The molecule has 27 heavy (non-hydrogen) atoms. The number of aliphatic carboxylic acids is 1. The molecule has 138 valence electrons. The Morgan fingerprint density at radius 2 is 2.04 bits per heavy atom. The fraction of sp³-hybridized carbons (Fsp3) is 0.438. The van der Waals surface area contributed by atoms with Crippen molar-refractivity contribution in [3.63, 3.8) is 0 Å². The van der Waals surface area contributed by atoms with Crippen LogP contribution < -0.4 is 34.9 Å². The second-order valence-electron chi connectivity index (χ2n) is 6.60. The molecule has 4 atom stereocenters. The third-order valence-electron chi connectivity index (χ3n) is 4.50. The number of β-lactam (4-membered cyclic amide) rings is 1. The zero-order valence-electron chi connectivity index (χ0n) is 16.1. The molecule has 2 aliphatic heterocycles. The average molecular weight is 399 g/mol. The second-order valence-corrected chi connectivity index (χ2v) is 8.37. The molecule has 2 aliphatic rings. The van der Waals surface area contributed by atoms with E-state index in [1.54, 1.807) is 44.2 Å². The van der Waals surface area contributed by atoms with Crippen LogP contribution in [-0.4, -0.2) is 50.0 Å². The number of hydrogen-bond donors (Lipinski definition) is 2. The maximum atomic E-state index is 12.6. The number of carboxylic acids is 1. The van der Waals surface area contributed by atoms with Crippen LogP contribution >= 0.6 is 11.8 Å². The van der Waals surface area contributed by atoms with Crippen molar-refractivity contribution in [1.82, 2.24) is 10.2 Å². The molecule has 3 rings (SSSR count). The first-order chi connectivity index (χ1) is 12.3. The zero-order chi connectivity index (χ0) is 19.1. The zero-order valence-corrected chi connectivity index (χ0v) is 17.9. The Labute approximate surface area is 183 Å². The number of benzene rings is 1. The Hall–Kier alpha value is -1.71. The predicted octanol–water partition coefficient (Wildman–Crippen LogP) is -1.21. The summed E-state index contributed by atoms with van der Waals surface area (Å²) in [6.07, 6.45) is 0. The van der Waals surface area contributed by atoms with E-state index >= 15 is 0 Å². The van der Waals surface area contributed by atoms with Crippen LogP contribution in [0.5, 0.6) is 0 Å². The van der Waals surface area contributed by atoms with Gasteiger partial charge in [0.1, 0.15) is 23.5 Å². The standard InChI is InChI=1S/C16H17N5O4S.Na.H/c1-16(2)11(15(24)25)21-13(23)10(14(21)26-16)18-12(22)9(19-20-17)8-6-4-3-5-7-8;;/h3-7,9-11,14H,1-2H3,(H,18,22)(H,24,25);;/q;+1;-1/t9?,10-,11+,14-;;/m1../s1. The molecule has 2 saturated heterocycles. The summed E-state index contributed by atoms with van der Waals surface area (Å²) in [6.45, 7) is 3.52. The third kappa shape index (κ3) is 3.81. The Morgan fingerprint density at radius 1 is 1.41 bits per heavy atom. The van der Waals surface area contributed by atoms with E-state index in [0.29, 0.717) is 5.56 Å². The molecule has 11 heteroatoms. The Bertz CT molecular complexity index is 821. The van der Waals surface area contributed by atoms with Crippen molar-refractivity contribution < 1.29 is 50.5 Å². The number of nitrogens with zero attached hydrogens (tertiary/aromatic N) is 4. The van der Waals surface area contributed by atoms with Gasteiger partial charge in [0.25, 0.3) is 0 Å². The van der Waals surface area contributed by atoms with Crippen molar-refractivity contribution in [3.05, 3.63) is 46.3 Å². The molecule has 0 radical (unpaired) electrons. The van der Waals surface area contributed by atoms with Gasteiger partial charge in [-0.1, -0.05) is 35.4 Å². The van der Waals surface area contributed by atoms with E-state index in [1.165, 1.54) is 16.7 Å². The van der Waals surface area contributed by atoms with Crippen LogP contribution in [-0.2, 0) is 14.4 Å². The van der Waals surface area contributed by atoms with Crippen LogP contribution in [0.15, 0.2) is 35.4 Å². The third-order valence-corrected chi connectivity index (χ3v) is 6.07. The number of carbonyl (C=O) groups excluding carboxylic acids is 2. The summed E-state index contributed by atoms with van der Waals surface area (Å²) in [4.78, 5) is 40.5. The maximum absolute atomic E-state index is 12.6. The van der Waals surface area contributed by atoms with Gasteiger partial charge in [0.15, 0.2) is 0 Å². The molecule has 1 unspecified atom stereocenters. The Balaban J connectivity index is 0.00000196. The van der Waals surface area contributed by atoms with Gasteiger partial charge in [-0.2, -0.15) is 0 Å². The summed E-state index contributed by atoms with van der Waals surface area (Å²) >= 11 is 1.33. The average Bonchev–Trinajstić information content (AvgIpc) is 2.86. The molecule has 0 saturated carbocycles. The molecule has 9 nitrogen and oxygen atoms in total. The fourth-order valence-corrected chi connectivity index (χ4v) is 4.96. The number of hydrogen-bond acceptors (Lipinski definition) is 5. The van der Waals surface area contributed by atoms with Crippen LogP contribution in [0.1, 0.15) is 26.9 Å². The molecular formula is C16H18N5NaO4S. The number of azide groups is 1. The van der Waals surface area contributed by atoms with Gasteiger partial charge >= 0.3 is 35.5 Å². The molecule has 0 aliphatic carbocycles. The molecule has 2 amide bonds. The van der Waals surface area contributed by atoms with Crippen molar-refractivity contribution >= 4 is 29.5 Å². The molecule has 0 spiro atoms. The first-order valence-corrected chi connectivity index (χ1v) is 8.78. The van der Waals surface area contributed by atoms with Gasteiger partial charge in [-0.05, 0) is 24.9 Å². The van der Waals surface area contributed by atoms with Crippen molar-refractivity contribution in [2.45, 2.75) is 42.1 Å². The van der Waals surface area contributed by atoms with Gasteiger partial charge in [-0.3, -0.25) is 9.59 Å². The van der Waals surface area contributed by atoms with Gasteiger partial charge in [0.2, 0.25) is 11.8 Å². The van der Waals surface area contributed by atoms with Crippen LogP contribution in [0.2, 0.25) is 0 Å². The van der Waals surface area contributed by atoms with E-state index in [4.69, 9.17) is 5.53 Å². The molecule has 2 fully saturated rings. The van der Waals surface area contributed by atoms with Crippen molar-refractivity contribution in [3.8, 4) is 0 Å². The van der Waals surface area contributed by atoms with E-state index < -0.39 is 46.0 Å². The van der Waals surface area contributed by atoms with Crippen LogP contribution in [0.4, 0.5) is 0 Å². The maximum Gasteiger partial charge on any atom is 1.00 e. The van der Waals surface area contributed by atoms with Crippen molar-refractivity contribution in [2.75, 3.05) is 0 Å². The SMILES string of the molecule is CC1(C)S[C@@H]2[C@H](NC(=O)C(N=[N+]=[N-])c3ccccc3)C(=O)N2[C@H]1C(=O)O.[H-].[Na+]. The largest absolute Gasteiger partial charge is 1.00 e. The minimum Gasteiger partial charge on any atom is -1.00 e. The number of rotatable bonds is 5. The number of amides is 2. The van der Waals surface area contributed by atoms with Gasteiger partial charge < -0.3 is 16.7 Å². The number of nitrogens with one attached hydrogen (secondary N) is 1. The smallest absolute Gasteiger partial charge is 1.00 e. The summed E-state index contributed by atoms with van der Waals surface area (Å²) in [5.41, 5.74) is 9.26. The van der Waals surface area contributed by atoms with Crippen molar-refractivity contribution in [2.24, 2.45) is 5.11 Å².